The van der Waals surface area contributed by atoms with Gasteiger partial charge in [0.2, 0.25) is 10.0 Å². The van der Waals surface area contributed by atoms with Crippen LogP contribution in [0.3, 0.4) is 0 Å². The molecule has 0 spiro atoms. The second kappa shape index (κ2) is 6.75. The Morgan fingerprint density at radius 1 is 1.38 bits per heavy atom. The number of sulfonamides is 1. The van der Waals surface area contributed by atoms with Crippen LogP contribution in [0.25, 0.3) is 0 Å². The van der Waals surface area contributed by atoms with Gasteiger partial charge in [-0.3, -0.25) is 0 Å². The van der Waals surface area contributed by atoms with Gasteiger partial charge in [-0.25, -0.2) is 18.1 Å². The normalized spacial score (nSPS) is 19.4. The third-order valence-electron chi connectivity index (χ3n) is 4.56. The van der Waals surface area contributed by atoms with Gasteiger partial charge in [-0.05, 0) is 37.4 Å². The fourth-order valence-electron chi connectivity index (χ4n) is 3.17. The predicted molar refractivity (Wildman–Crippen MR) is 84.9 cm³/mol. The third kappa shape index (κ3) is 3.55. The van der Waals surface area contributed by atoms with Gasteiger partial charge in [0.25, 0.3) is 0 Å². The van der Waals surface area contributed by atoms with Gasteiger partial charge in [-0.2, -0.15) is 0 Å². The van der Waals surface area contributed by atoms with E-state index in [9.17, 15) is 8.42 Å². The average molecular weight is 311 g/mol. The monoisotopic (exact) mass is 311 g/mol. The molecule has 1 unspecified atom stereocenters. The minimum absolute atomic E-state index is 0.212. The van der Waals surface area contributed by atoms with E-state index in [0.717, 1.165) is 30.7 Å². The van der Waals surface area contributed by atoms with Crippen LogP contribution in [0.4, 0.5) is 5.82 Å². The van der Waals surface area contributed by atoms with Gasteiger partial charge in [0, 0.05) is 19.3 Å². The number of hydrogen-bond acceptors (Lipinski definition) is 4. The summed E-state index contributed by atoms with van der Waals surface area (Å²) < 4.78 is 25.7. The Bertz CT molecular complexity index is 553. The molecule has 1 aromatic heterocycles. The Hall–Kier alpha value is -1.14. The Morgan fingerprint density at radius 3 is 2.62 bits per heavy atom. The van der Waals surface area contributed by atoms with Crippen molar-refractivity contribution in [2.45, 2.75) is 38.0 Å². The van der Waals surface area contributed by atoms with E-state index in [1.807, 2.05) is 0 Å². The zero-order valence-corrected chi connectivity index (χ0v) is 13.9. The van der Waals surface area contributed by atoms with Crippen molar-refractivity contribution in [2.24, 2.45) is 11.8 Å². The molecule has 1 atom stereocenters. The molecule has 1 aromatic rings. The molecular formula is C15H25N3O2S. The molecule has 0 aliphatic carbocycles. The summed E-state index contributed by atoms with van der Waals surface area (Å²) in [5.41, 5.74) is 0. The minimum atomic E-state index is -3.40. The van der Waals surface area contributed by atoms with Crippen LogP contribution in [0.1, 0.15) is 33.1 Å². The van der Waals surface area contributed by atoms with Crippen molar-refractivity contribution in [1.82, 2.24) is 9.71 Å². The predicted octanol–water partition coefficient (Wildman–Crippen LogP) is 2.25. The zero-order valence-electron chi connectivity index (χ0n) is 13.0. The number of rotatable bonds is 6. The smallest absolute Gasteiger partial charge is 0.241 e. The molecule has 2 heterocycles. The Kier molecular flexibility index (Phi) is 5.22. The van der Waals surface area contributed by atoms with Crippen LogP contribution in [-0.2, 0) is 10.0 Å². The van der Waals surface area contributed by atoms with Crippen LogP contribution in [0.15, 0.2) is 23.2 Å². The first-order valence-electron chi connectivity index (χ1n) is 7.66. The van der Waals surface area contributed by atoms with E-state index in [1.165, 1.54) is 32.5 Å². The molecular weight excluding hydrogens is 286 g/mol. The van der Waals surface area contributed by atoms with E-state index in [4.69, 9.17) is 0 Å². The van der Waals surface area contributed by atoms with E-state index < -0.39 is 10.0 Å². The lowest BCUT2D eigenvalue weighted by molar-refractivity contribution is 0.339. The molecule has 0 saturated carbocycles. The second-order valence-electron chi connectivity index (χ2n) is 5.63. The second-order valence-corrected chi connectivity index (χ2v) is 7.52. The molecule has 6 heteroatoms. The summed E-state index contributed by atoms with van der Waals surface area (Å²) in [5.74, 6) is 2.37. The van der Waals surface area contributed by atoms with Gasteiger partial charge in [-0.1, -0.05) is 26.7 Å². The number of hydrogen-bond donors (Lipinski definition) is 1. The molecule has 1 N–H and O–H groups in total. The van der Waals surface area contributed by atoms with E-state index in [2.05, 4.69) is 28.5 Å². The van der Waals surface area contributed by atoms with Crippen LogP contribution in [0.5, 0.6) is 0 Å². The zero-order chi connectivity index (χ0) is 15.5. The molecule has 21 heavy (non-hydrogen) atoms. The van der Waals surface area contributed by atoms with Crippen LogP contribution >= 0.6 is 0 Å². The maximum absolute atomic E-state index is 11.7. The molecule has 2 rings (SSSR count). The maximum Gasteiger partial charge on any atom is 0.241 e. The Labute approximate surface area is 127 Å². The fourth-order valence-corrected chi connectivity index (χ4v) is 3.85. The van der Waals surface area contributed by atoms with Crippen LogP contribution in [0, 0.1) is 11.8 Å². The Morgan fingerprint density at radius 2 is 2.10 bits per heavy atom. The molecule has 1 saturated heterocycles. The summed E-state index contributed by atoms with van der Waals surface area (Å²) in [6.45, 7) is 6.54. The average Bonchev–Trinajstić information content (AvgIpc) is 2.98. The largest absolute Gasteiger partial charge is 0.356 e. The van der Waals surface area contributed by atoms with Crippen molar-refractivity contribution in [2.75, 3.05) is 25.0 Å². The highest BCUT2D eigenvalue weighted by molar-refractivity contribution is 7.89. The third-order valence-corrected chi connectivity index (χ3v) is 5.96. The number of aromatic nitrogens is 1. The van der Waals surface area contributed by atoms with E-state index in [1.54, 1.807) is 12.1 Å². The summed E-state index contributed by atoms with van der Waals surface area (Å²) in [7, 11) is -1.99. The van der Waals surface area contributed by atoms with Crippen molar-refractivity contribution >= 4 is 15.8 Å². The summed E-state index contributed by atoms with van der Waals surface area (Å²) >= 11 is 0. The number of anilines is 1. The lowest BCUT2D eigenvalue weighted by atomic mass is 9.87. The highest BCUT2D eigenvalue weighted by Crippen LogP contribution is 2.31. The summed E-state index contributed by atoms with van der Waals surface area (Å²) in [5, 5.41) is 0. The Balaban J connectivity index is 2.07. The van der Waals surface area contributed by atoms with Gasteiger partial charge in [0.1, 0.15) is 10.7 Å². The van der Waals surface area contributed by atoms with Crippen molar-refractivity contribution < 1.29 is 8.42 Å². The van der Waals surface area contributed by atoms with E-state index in [0.29, 0.717) is 0 Å². The lowest BCUT2D eigenvalue weighted by Gasteiger charge is -2.22. The van der Waals surface area contributed by atoms with Gasteiger partial charge >= 0.3 is 0 Å². The van der Waals surface area contributed by atoms with Gasteiger partial charge in [0.15, 0.2) is 0 Å². The molecule has 1 aliphatic heterocycles. The molecule has 5 nitrogen and oxygen atoms in total. The molecule has 0 amide bonds. The summed E-state index contributed by atoms with van der Waals surface area (Å²) in [6.07, 6.45) is 5.08. The van der Waals surface area contributed by atoms with Crippen molar-refractivity contribution in [3.63, 3.8) is 0 Å². The van der Waals surface area contributed by atoms with Gasteiger partial charge in [0.05, 0.1) is 0 Å². The molecule has 1 fully saturated rings. The van der Waals surface area contributed by atoms with E-state index in [-0.39, 0.29) is 4.90 Å². The van der Waals surface area contributed by atoms with Crippen molar-refractivity contribution in [3.8, 4) is 0 Å². The summed E-state index contributed by atoms with van der Waals surface area (Å²) in [4.78, 5) is 6.80. The topological polar surface area (TPSA) is 62.3 Å². The SMILES string of the molecule is CCC(CC)C1CCN(c2ccc(S(=O)(=O)NC)cn2)C1. The highest BCUT2D eigenvalue weighted by atomic mass is 32.2. The first kappa shape index (κ1) is 16.2. The number of nitrogens with zero attached hydrogens (tertiary/aromatic N) is 2. The fraction of sp³-hybridized carbons (Fsp3) is 0.667. The molecule has 1 aliphatic rings. The number of pyridine rings is 1. The lowest BCUT2D eigenvalue weighted by Crippen LogP contribution is -2.24. The first-order valence-corrected chi connectivity index (χ1v) is 9.14. The number of nitrogens with one attached hydrogen (secondary N) is 1. The van der Waals surface area contributed by atoms with Crippen molar-refractivity contribution in [1.29, 1.82) is 0 Å². The van der Waals surface area contributed by atoms with Crippen LogP contribution in [-0.4, -0.2) is 33.5 Å². The van der Waals surface area contributed by atoms with Crippen LogP contribution in [0.2, 0.25) is 0 Å². The van der Waals surface area contributed by atoms with Gasteiger partial charge < -0.3 is 4.90 Å². The van der Waals surface area contributed by atoms with E-state index >= 15 is 0 Å². The molecule has 118 valence electrons. The molecule has 0 bridgehead atoms. The quantitative estimate of drug-likeness (QED) is 0.875. The first-order chi connectivity index (χ1) is 10.0. The maximum atomic E-state index is 11.7. The highest BCUT2D eigenvalue weighted by Gasteiger charge is 2.28. The molecule has 0 aromatic carbocycles. The van der Waals surface area contributed by atoms with Crippen molar-refractivity contribution in [3.05, 3.63) is 18.3 Å². The minimum Gasteiger partial charge on any atom is -0.356 e. The van der Waals surface area contributed by atoms with Crippen LogP contribution < -0.4 is 9.62 Å². The van der Waals surface area contributed by atoms with Gasteiger partial charge in [-0.15, -0.1) is 0 Å². The summed E-state index contributed by atoms with van der Waals surface area (Å²) in [6, 6.07) is 3.43. The molecule has 0 radical (unpaired) electrons. The standard InChI is InChI=1S/C15H25N3O2S/c1-4-12(5-2)13-8-9-18(11-13)15-7-6-14(10-17-15)21(19,20)16-3/h6-7,10,12-13,16H,4-5,8-9,11H2,1-3H3.